The van der Waals surface area contributed by atoms with Crippen LogP contribution in [0.15, 0.2) is 75.3 Å². The summed E-state index contributed by atoms with van der Waals surface area (Å²) in [7, 11) is 0. The molecule has 1 fully saturated rings. The first-order chi connectivity index (χ1) is 14.1. The van der Waals surface area contributed by atoms with Gasteiger partial charge in [0.25, 0.3) is 0 Å². The van der Waals surface area contributed by atoms with Gasteiger partial charge in [-0.15, -0.1) is 5.10 Å². The molecular formula is C23H21N3O2S. The highest BCUT2D eigenvalue weighted by molar-refractivity contribution is 8.15. The van der Waals surface area contributed by atoms with Gasteiger partial charge in [0.2, 0.25) is 5.91 Å². The number of nitrogens with one attached hydrogen (secondary N) is 1. The number of benzene rings is 2. The van der Waals surface area contributed by atoms with Crippen molar-refractivity contribution < 1.29 is 9.21 Å². The summed E-state index contributed by atoms with van der Waals surface area (Å²) in [6, 6.07) is 20.1. The van der Waals surface area contributed by atoms with Crippen LogP contribution in [-0.4, -0.2) is 22.5 Å². The fraction of sp³-hybridized carbons (Fsp3) is 0.174. The van der Waals surface area contributed by atoms with E-state index in [4.69, 9.17) is 4.42 Å². The van der Waals surface area contributed by atoms with Crippen LogP contribution in [0.4, 0.5) is 0 Å². The molecule has 1 N–H and O–H groups in total. The molecule has 146 valence electrons. The molecule has 0 radical (unpaired) electrons. The summed E-state index contributed by atoms with van der Waals surface area (Å²) in [5.74, 6) is 1.35. The Morgan fingerprint density at radius 1 is 1.07 bits per heavy atom. The Labute approximate surface area is 173 Å². The first kappa shape index (κ1) is 19.2. The number of aryl methyl sites for hydroxylation is 2. The predicted octanol–water partition coefficient (Wildman–Crippen LogP) is 4.73. The average molecular weight is 404 g/mol. The average Bonchev–Trinajstić information content (AvgIpc) is 3.30. The van der Waals surface area contributed by atoms with E-state index in [9.17, 15) is 4.79 Å². The summed E-state index contributed by atoms with van der Waals surface area (Å²) in [4.78, 5) is 12.2. The molecule has 1 atom stereocenters. The largest absolute Gasteiger partial charge is 0.455 e. The minimum absolute atomic E-state index is 0.0369. The minimum atomic E-state index is -0.192. The Kier molecular flexibility index (Phi) is 5.62. The maximum absolute atomic E-state index is 12.2. The molecule has 1 aliphatic rings. The van der Waals surface area contributed by atoms with Gasteiger partial charge in [-0.05, 0) is 38.0 Å². The van der Waals surface area contributed by atoms with Gasteiger partial charge in [0, 0.05) is 5.56 Å². The van der Waals surface area contributed by atoms with E-state index < -0.39 is 0 Å². The van der Waals surface area contributed by atoms with Gasteiger partial charge in [0.05, 0.1) is 11.5 Å². The third-order valence-corrected chi connectivity index (χ3v) is 5.65. The maximum atomic E-state index is 12.2. The summed E-state index contributed by atoms with van der Waals surface area (Å²) in [5, 5.41) is 11.3. The van der Waals surface area contributed by atoms with Crippen LogP contribution >= 0.6 is 11.8 Å². The number of hydrogen-bond acceptors (Lipinski definition) is 5. The van der Waals surface area contributed by atoms with Crippen molar-refractivity contribution in [1.29, 1.82) is 0 Å². The van der Waals surface area contributed by atoms with Gasteiger partial charge in [-0.1, -0.05) is 71.4 Å². The van der Waals surface area contributed by atoms with E-state index in [1.54, 1.807) is 6.21 Å². The lowest BCUT2D eigenvalue weighted by Gasteiger charge is -2.05. The lowest BCUT2D eigenvalue weighted by molar-refractivity contribution is -0.118. The lowest BCUT2D eigenvalue weighted by atomic mass is 10.1. The van der Waals surface area contributed by atoms with Crippen molar-refractivity contribution in [2.24, 2.45) is 10.2 Å². The zero-order chi connectivity index (χ0) is 20.2. The van der Waals surface area contributed by atoms with Crippen molar-refractivity contribution in [3.05, 3.63) is 83.1 Å². The number of amides is 1. The first-order valence-corrected chi connectivity index (χ1v) is 10.3. The topological polar surface area (TPSA) is 67.0 Å². The van der Waals surface area contributed by atoms with Crippen LogP contribution in [0, 0.1) is 13.8 Å². The summed E-state index contributed by atoms with van der Waals surface area (Å²) in [6.07, 6.45) is 2.21. The molecule has 0 unspecified atom stereocenters. The molecule has 1 aliphatic heterocycles. The summed E-state index contributed by atoms with van der Waals surface area (Å²) in [6.45, 7) is 4.10. The van der Waals surface area contributed by atoms with Crippen LogP contribution < -0.4 is 5.32 Å². The second-order valence-corrected chi connectivity index (χ2v) is 8.20. The van der Waals surface area contributed by atoms with E-state index in [-0.39, 0.29) is 11.2 Å². The summed E-state index contributed by atoms with van der Waals surface area (Å²) < 4.78 is 5.79. The van der Waals surface area contributed by atoms with Crippen molar-refractivity contribution in [3.8, 4) is 11.3 Å². The SMILES string of the molecule is Cc1ccc(-c2ccc(C=NN=C3NC(=O)[C@H](Cc4cccc(C)c4)S3)o2)cc1. The van der Waals surface area contributed by atoms with Crippen LogP contribution in [0.25, 0.3) is 11.3 Å². The number of nitrogens with zero attached hydrogens (tertiary/aromatic N) is 2. The molecule has 3 aromatic rings. The van der Waals surface area contributed by atoms with Crippen molar-refractivity contribution in [1.82, 2.24) is 5.32 Å². The number of carbonyl (C=O) groups excluding carboxylic acids is 1. The van der Waals surface area contributed by atoms with Crippen LogP contribution in [0.1, 0.15) is 22.5 Å². The third kappa shape index (κ3) is 4.84. The van der Waals surface area contributed by atoms with Gasteiger partial charge in [-0.25, -0.2) is 0 Å². The molecule has 4 rings (SSSR count). The van der Waals surface area contributed by atoms with Crippen molar-refractivity contribution in [3.63, 3.8) is 0 Å². The van der Waals surface area contributed by atoms with Gasteiger partial charge in [0.15, 0.2) is 5.17 Å². The lowest BCUT2D eigenvalue weighted by Crippen LogP contribution is -2.25. The fourth-order valence-electron chi connectivity index (χ4n) is 3.07. The second kappa shape index (κ2) is 8.49. The quantitative estimate of drug-likeness (QED) is 0.495. The van der Waals surface area contributed by atoms with Gasteiger partial charge in [-0.3, -0.25) is 4.79 Å². The molecule has 0 saturated carbocycles. The molecule has 0 aliphatic carbocycles. The Hall–Kier alpha value is -3.12. The van der Waals surface area contributed by atoms with Crippen LogP contribution in [-0.2, 0) is 11.2 Å². The molecule has 1 aromatic heterocycles. The highest BCUT2D eigenvalue weighted by Gasteiger charge is 2.30. The van der Waals surface area contributed by atoms with Crippen LogP contribution in [0.5, 0.6) is 0 Å². The molecule has 1 amide bonds. The van der Waals surface area contributed by atoms with E-state index in [1.165, 1.54) is 22.9 Å². The number of hydrogen-bond donors (Lipinski definition) is 1. The number of carbonyl (C=O) groups is 1. The molecule has 1 saturated heterocycles. The Morgan fingerprint density at radius 2 is 1.90 bits per heavy atom. The van der Waals surface area contributed by atoms with Gasteiger partial charge in [0.1, 0.15) is 11.5 Å². The smallest absolute Gasteiger partial charge is 0.239 e. The van der Waals surface area contributed by atoms with Crippen molar-refractivity contribution in [2.45, 2.75) is 25.5 Å². The number of furan rings is 1. The molecule has 2 heterocycles. The minimum Gasteiger partial charge on any atom is -0.455 e. The Bertz CT molecular complexity index is 1080. The predicted molar refractivity (Wildman–Crippen MR) is 118 cm³/mol. The van der Waals surface area contributed by atoms with E-state index in [1.807, 2.05) is 61.5 Å². The monoisotopic (exact) mass is 403 g/mol. The summed E-state index contributed by atoms with van der Waals surface area (Å²) >= 11 is 1.40. The van der Waals surface area contributed by atoms with Gasteiger partial charge in [-0.2, -0.15) is 5.10 Å². The van der Waals surface area contributed by atoms with Crippen LogP contribution in [0.2, 0.25) is 0 Å². The van der Waals surface area contributed by atoms with Gasteiger partial charge < -0.3 is 9.73 Å². The van der Waals surface area contributed by atoms with E-state index in [0.29, 0.717) is 17.3 Å². The fourth-order valence-corrected chi connectivity index (χ4v) is 4.04. The molecular weight excluding hydrogens is 382 g/mol. The van der Waals surface area contributed by atoms with Crippen LogP contribution in [0.3, 0.4) is 0 Å². The zero-order valence-corrected chi connectivity index (χ0v) is 17.1. The normalized spacial score (nSPS) is 17.9. The molecule has 29 heavy (non-hydrogen) atoms. The highest BCUT2D eigenvalue weighted by atomic mass is 32.2. The van der Waals surface area contributed by atoms with E-state index in [2.05, 4.69) is 28.5 Å². The molecule has 0 bridgehead atoms. The molecule has 6 heteroatoms. The van der Waals surface area contributed by atoms with E-state index >= 15 is 0 Å². The number of thioether (sulfide) groups is 1. The zero-order valence-electron chi connectivity index (χ0n) is 16.3. The van der Waals surface area contributed by atoms with Crippen molar-refractivity contribution >= 4 is 29.1 Å². The molecule has 0 spiro atoms. The second-order valence-electron chi connectivity index (χ2n) is 7.01. The standard InChI is InChI=1S/C23H21N3O2S/c1-15-6-8-18(9-7-15)20-11-10-19(28-20)14-24-26-23-25-22(27)21(29-23)13-17-5-3-4-16(2)12-17/h3-12,14,21H,13H2,1-2H3,(H,25,26,27)/t21-/m0/s1. The number of amidine groups is 1. The maximum Gasteiger partial charge on any atom is 0.239 e. The Morgan fingerprint density at radius 3 is 2.69 bits per heavy atom. The summed E-state index contributed by atoms with van der Waals surface area (Å²) in [5.41, 5.74) is 4.54. The highest BCUT2D eigenvalue weighted by Crippen LogP contribution is 2.24. The Balaban J connectivity index is 1.38. The first-order valence-electron chi connectivity index (χ1n) is 9.38. The van der Waals surface area contributed by atoms with Gasteiger partial charge >= 0.3 is 0 Å². The number of rotatable bonds is 5. The molecule has 5 nitrogen and oxygen atoms in total. The molecule has 2 aromatic carbocycles. The van der Waals surface area contributed by atoms with Crippen molar-refractivity contribution in [2.75, 3.05) is 0 Å². The third-order valence-electron chi connectivity index (χ3n) is 4.58. The van der Waals surface area contributed by atoms with E-state index in [0.717, 1.165) is 16.9 Å².